The summed E-state index contributed by atoms with van der Waals surface area (Å²) in [4.78, 5) is 10.8. The summed E-state index contributed by atoms with van der Waals surface area (Å²) in [7, 11) is 0. The molecule has 2 N–H and O–H groups in total. The zero-order valence-corrected chi connectivity index (χ0v) is 9.15. The molecule has 4 nitrogen and oxygen atoms in total. The van der Waals surface area contributed by atoms with Gasteiger partial charge in [-0.3, -0.25) is 4.79 Å². The molecule has 2 aromatic rings. The second kappa shape index (κ2) is 3.72. The first-order chi connectivity index (χ1) is 7.50. The molecule has 16 heavy (non-hydrogen) atoms. The van der Waals surface area contributed by atoms with Crippen LogP contribution in [0.15, 0.2) is 22.6 Å². The summed E-state index contributed by atoms with van der Waals surface area (Å²) in [5.74, 6) is -1.97. The quantitative estimate of drug-likeness (QED) is 0.847. The molecule has 1 heterocycles. The summed E-state index contributed by atoms with van der Waals surface area (Å²) in [5.41, 5.74) is 0.529. The van der Waals surface area contributed by atoms with E-state index in [1.54, 1.807) is 18.2 Å². The molecular weight excluding hydrogens is 232 g/mol. The molecule has 0 fully saturated rings. The Kier molecular flexibility index (Phi) is 2.52. The fourth-order valence-electron chi connectivity index (χ4n) is 1.55. The van der Waals surface area contributed by atoms with Gasteiger partial charge in [0.1, 0.15) is 0 Å². The summed E-state index contributed by atoms with van der Waals surface area (Å²) in [6.45, 7) is 1.49. The maximum Gasteiger partial charge on any atom is 0.310 e. The maximum atomic E-state index is 10.8. The van der Waals surface area contributed by atoms with E-state index in [0.29, 0.717) is 10.9 Å². The molecule has 1 aromatic heterocycles. The number of aromatic hydroxyl groups is 1. The fourth-order valence-corrected chi connectivity index (χ4v) is 1.75. The number of carboxylic acids is 1. The topological polar surface area (TPSA) is 70.7 Å². The van der Waals surface area contributed by atoms with Crippen molar-refractivity contribution in [2.24, 2.45) is 0 Å². The van der Waals surface area contributed by atoms with Crippen LogP contribution in [0.3, 0.4) is 0 Å². The average molecular weight is 241 g/mol. The van der Waals surface area contributed by atoms with Crippen LogP contribution in [0.4, 0.5) is 0 Å². The molecule has 1 aromatic carbocycles. The Morgan fingerprint density at radius 2 is 2.19 bits per heavy atom. The first kappa shape index (κ1) is 10.8. The van der Waals surface area contributed by atoms with Crippen LogP contribution < -0.4 is 0 Å². The SMILES string of the molecule is CC(C(=O)O)c1ccc2cc(Cl)oc2c1O. The second-order valence-electron chi connectivity index (χ2n) is 3.53. The molecule has 2 rings (SSSR count). The molecule has 0 aliphatic carbocycles. The van der Waals surface area contributed by atoms with E-state index in [2.05, 4.69) is 0 Å². The van der Waals surface area contributed by atoms with Crippen molar-refractivity contribution in [2.75, 3.05) is 0 Å². The van der Waals surface area contributed by atoms with E-state index in [1.807, 2.05) is 0 Å². The maximum absolute atomic E-state index is 10.8. The molecule has 0 spiro atoms. The molecule has 0 saturated heterocycles. The van der Waals surface area contributed by atoms with Gasteiger partial charge in [0.25, 0.3) is 0 Å². The molecule has 0 amide bonds. The molecule has 0 bridgehead atoms. The number of phenolic OH excluding ortho intramolecular Hbond substituents is 1. The molecule has 1 atom stereocenters. The van der Waals surface area contributed by atoms with E-state index in [-0.39, 0.29) is 16.6 Å². The number of phenols is 1. The van der Waals surface area contributed by atoms with Crippen molar-refractivity contribution >= 4 is 28.5 Å². The fraction of sp³-hybridized carbons (Fsp3) is 0.182. The first-order valence-electron chi connectivity index (χ1n) is 4.64. The molecule has 0 radical (unpaired) electrons. The average Bonchev–Trinajstić information content (AvgIpc) is 2.59. The smallest absolute Gasteiger partial charge is 0.310 e. The largest absolute Gasteiger partial charge is 0.504 e. The molecule has 0 saturated carbocycles. The minimum absolute atomic E-state index is 0.158. The summed E-state index contributed by atoms with van der Waals surface area (Å²) in [6.07, 6.45) is 0. The normalized spacial score (nSPS) is 12.9. The zero-order valence-electron chi connectivity index (χ0n) is 8.40. The molecular formula is C11H9ClO4. The van der Waals surface area contributed by atoms with E-state index < -0.39 is 11.9 Å². The minimum atomic E-state index is -1.01. The summed E-state index contributed by atoms with van der Waals surface area (Å²) in [5, 5.41) is 19.5. The second-order valence-corrected chi connectivity index (χ2v) is 3.90. The summed E-state index contributed by atoms with van der Waals surface area (Å²) >= 11 is 5.66. The molecule has 0 aliphatic heterocycles. The van der Waals surface area contributed by atoms with Crippen molar-refractivity contribution in [3.8, 4) is 5.75 Å². The monoisotopic (exact) mass is 240 g/mol. The third-order valence-electron chi connectivity index (χ3n) is 2.50. The Hall–Kier alpha value is -1.68. The van der Waals surface area contributed by atoms with E-state index in [1.165, 1.54) is 6.92 Å². The van der Waals surface area contributed by atoms with Gasteiger partial charge >= 0.3 is 5.97 Å². The van der Waals surface area contributed by atoms with Gasteiger partial charge < -0.3 is 14.6 Å². The highest BCUT2D eigenvalue weighted by molar-refractivity contribution is 6.29. The molecule has 84 valence electrons. The van der Waals surface area contributed by atoms with Gasteiger partial charge in [-0.15, -0.1) is 0 Å². The van der Waals surface area contributed by atoms with E-state index in [0.717, 1.165) is 0 Å². The van der Waals surface area contributed by atoms with Gasteiger partial charge in [-0.25, -0.2) is 0 Å². The van der Waals surface area contributed by atoms with Crippen molar-refractivity contribution in [1.29, 1.82) is 0 Å². The Morgan fingerprint density at radius 3 is 2.81 bits per heavy atom. The number of hydrogen-bond donors (Lipinski definition) is 2. The van der Waals surface area contributed by atoms with Gasteiger partial charge in [-0.05, 0) is 18.5 Å². The lowest BCUT2D eigenvalue weighted by atomic mass is 9.99. The van der Waals surface area contributed by atoms with Gasteiger partial charge in [0, 0.05) is 17.0 Å². The van der Waals surface area contributed by atoms with Crippen molar-refractivity contribution in [2.45, 2.75) is 12.8 Å². The predicted octanol–water partition coefficient (Wildman–Crippen LogP) is 2.98. The number of aliphatic carboxylic acids is 1. The number of fused-ring (bicyclic) bond motifs is 1. The van der Waals surface area contributed by atoms with Gasteiger partial charge in [0.05, 0.1) is 5.92 Å². The van der Waals surface area contributed by atoms with Gasteiger partial charge in [-0.1, -0.05) is 12.1 Å². The van der Waals surface area contributed by atoms with Crippen molar-refractivity contribution < 1.29 is 19.4 Å². The lowest BCUT2D eigenvalue weighted by Crippen LogP contribution is -2.07. The van der Waals surface area contributed by atoms with Gasteiger partial charge in [0.15, 0.2) is 16.6 Å². The first-order valence-corrected chi connectivity index (χ1v) is 5.02. The number of carboxylic acid groups (broad SMARTS) is 1. The van der Waals surface area contributed by atoms with Crippen LogP contribution in [0.5, 0.6) is 5.75 Å². The summed E-state index contributed by atoms with van der Waals surface area (Å²) in [6, 6.07) is 4.79. The van der Waals surface area contributed by atoms with E-state index in [9.17, 15) is 9.90 Å². The Labute approximate surface area is 96.1 Å². The number of furan rings is 1. The number of hydrogen-bond acceptors (Lipinski definition) is 3. The van der Waals surface area contributed by atoms with Crippen molar-refractivity contribution in [1.82, 2.24) is 0 Å². The van der Waals surface area contributed by atoms with E-state index >= 15 is 0 Å². The van der Waals surface area contributed by atoms with Crippen LogP contribution in [0.1, 0.15) is 18.4 Å². The highest BCUT2D eigenvalue weighted by atomic mass is 35.5. The number of benzene rings is 1. The number of rotatable bonds is 2. The Balaban J connectivity index is 2.64. The van der Waals surface area contributed by atoms with E-state index in [4.69, 9.17) is 21.1 Å². The van der Waals surface area contributed by atoms with Crippen LogP contribution in [0.25, 0.3) is 11.0 Å². The van der Waals surface area contributed by atoms with Crippen molar-refractivity contribution in [3.05, 3.63) is 29.0 Å². The van der Waals surface area contributed by atoms with Crippen LogP contribution in [0.2, 0.25) is 5.22 Å². The number of halogens is 1. The third-order valence-corrected chi connectivity index (χ3v) is 2.68. The number of carbonyl (C=O) groups is 1. The van der Waals surface area contributed by atoms with Crippen molar-refractivity contribution in [3.63, 3.8) is 0 Å². The van der Waals surface area contributed by atoms with Crippen LogP contribution >= 0.6 is 11.6 Å². The molecule has 0 aliphatic rings. The highest BCUT2D eigenvalue weighted by Crippen LogP contribution is 2.36. The minimum Gasteiger partial charge on any atom is -0.504 e. The third kappa shape index (κ3) is 1.61. The lowest BCUT2D eigenvalue weighted by Gasteiger charge is -2.08. The lowest BCUT2D eigenvalue weighted by molar-refractivity contribution is -0.138. The van der Waals surface area contributed by atoms with Crippen LogP contribution in [-0.4, -0.2) is 16.2 Å². The highest BCUT2D eigenvalue weighted by Gasteiger charge is 2.20. The Morgan fingerprint density at radius 1 is 1.50 bits per heavy atom. The van der Waals surface area contributed by atoms with Crippen LogP contribution in [0, 0.1) is 0 Å². The molecule has 1 unspecified atom stereocenters. The van der Waals surface area contributed by atoms with Gasteiger partial charge in [0.2, 0.25) is 0 Å². The summed E-state index contributed by atoms with van der Waals surface area (Å²) < 4.78 is 5.09. The standard InChI is InChI=1S/C11H9ClO4/c1-5(11(14)15)7-3-2-6-4-8(12)16-10(6)9(7)13/h2-5,13H,1H3,(H,14,15). The Bertz CT molecular complexity index is 558. The predicted molar refractivity (Wildman–Crippen MR) is 58.9 cm³/mol. The van der Waals surface area contributed by atoms with Gasteiger partial charge in [-0.2, -0.15) is 0 Å². The molecule has 5 heteroatoms. The van der Waals surface area contributed by atoms with Crippen LogP contribution in [-0.2, 0) is 4.79 Å². The zero-order chi connectivity index (χ0) is 11.9.